The monoisotopic (exact) mass is 425 g/mol. The van der Waals surface area contributed by atoms with Crippen LogP contribution in [0.2, 0.25) is 0 Å². The average molecular weight is 426 g/mol. The first-order valence-electron chi connectivity index (χ1n) is 10.1. The highest BCUT2D eigenvalue weighted by molar-refractivity contribution is 7.83. The van der Waals surface area contributed by atoms with Crippen molar-refractivity contribution in [3.8, 4) is 11.3 Å². The van der Waals surface area contributed by atoms with Crippen molar-refractivity contribution in [1.82, 2.24) is 24.5 Å². The highest BCUT2D eigenvalue weighted by Gasteiger charge is 2.23. The van der Waals surface area contributed by atoms with Crippen LogP contribution in [-0.4, -0.2) is 36.0 Å². The predicted octanol–water partition coefficient (Wildman–Crippen LogP) is 2.80. The summed E-state index contributed by atoms with van der Waals surface area (Å²) in [5, 5.41) is 7.61. The lowest BCUT2D eigenvalue weighted by Crippen LogP contribution is -2.38. The Kier molecular flexibility index (Phi) is 6.10. The van der Waals surface area contributed by atoms with Gasteiger partial charge in [0.1, 0.15) is 16.8 Å². The van der Waals surface area contributed by atoms with Gasteiger partial charge >= 0.3 is 0 Å². The average Bonchev–Trinajstić information content (AvgIpc) is 3.08. The SMILES string of the molecule is Cc1ccc(S(=O)NC2CCC(Nc3nccc(-c4cnn(C)c4N)n3)CC2)cc1. The molecule has 0 amide bonds. The summed E-state index contributed by atoms with van der Waals surface area (Å²) < 4.78 is 17.4. The first-order chi connectivity index (χ1) is 14.5. The molecule has 1 atom stereocenters. The molecule has 158 valence electrons. The normalized spacial score (nSPS) is 20.1. The number of nitrogens with zero attached hydrogens (tertiary/aromatic N) is 4. The lowest BCUT2D eigenvalue weighted by Gasteiger charge is -2.29. The molecule has 1 aliphatic rings. The third kappa shape index (κ3) is 4.68. The maximum Gasteiger partial charge on any atom is 0.223 e. The molecule has 9 heteroatoms. The van der Waals surface area contributed by atoms with Gasteiger partial charge in [0.25, 0.3) is 0 Å². The Morgan fingerprint density at radius 3 is 2.47 bits per heavy atom. The van der Waals surface area contributed by atoms with Crippen LogP contribution in [0.15, 0.2) is 47.6 Å². The molecule has 8 nitrogen and oxygen atoms in total. The second-order valence-electron chi connectivity index (χ2n) is 7.73. The van der Waals surface area contributed by atoms with E-state index >= 15 is 0 Å². The number of nitrogens with one attached hydrogen (secondary N) is 2. The molecule has 1 saturated carbocycles. The number of anilines is 2. The summed E-state index contributed by atoms with van der Waals surface area (Å²) in [6.07, 6.45) is 7.27. The predicted molar refractivity (Wildman–Crippen MR) is 119 cm³/mol. The van der Waals surface area contributed by atoms with Crippen LogP contribution >= 0.6 is 0 Å². The molecule has 0 saturated heterocycles. The largest absolute Gasteiger partial charge is 0.383 e. The quantitative estimate of drug-likeness (QED) is 0.560. The van der Waals surface area contributed by atoms with E-state index in [1.54, 1.807) is 24.1 Å². The minimum absolute atomic E-state index is 0.243. The van der Waals surface area contributed by atoms with Gasteiger partial charge in [-0.3, -0.25) is 4.68 Å². The molecular weight excluding hydrogens is 398 g/mol. The molecule has 2 heterocycles. The minimum atomic E-state index is -1.18. The second-order valence-corrected chi connectivity index (χ2v) is 8.97. The summed E-state index contributed by atoms with van der Waals surface area (Å²) in [6, 6.07) is 10.2. The number of rotatable bonds is 6. The van der Waals surface area contributed by atoms with Gasteiger partial charge in [-0.25, -0.2) is 18.9 Å². The van der Waals surface area contributed by atoms with E-state index in [-0.39, 0.29) is 12.1 Å². The lowest BCUT2D eigenvalue weighted by atomic mass is 9.92. The molecule has 3 aromatic rings. The van der Waals surface area contributed by atoms with Crippen molar-refractivity contribution in [2.75, 3.05) is 11.1 Å². The van der Waals surface area contributed by atoms with E-state index < -0.39 is 11.0 Å². The van der Waals surface area contributed by atoms with Crippen molar-refractivity contribution >= 4 is 22.8 Å². The first-order valence-corrected chi connectivity index (χ1v) is 11.3. The van der Waals surface area contributed by atoms with Crippen molar-refractivity contribution < 1.29 is 4.21 Å². The van der Waals surface area contributed by atoms with Crippen LogP contribution in [0, 0.1) is 6.92 Å². The van der Waals surface area contributed by atoms with E-state index in [0.717, 1.165) is 41.8 Å². The minimum Gasteiger partial charge on any atom is -0.383 e. The Balaban J connectivity index is 1.32. The summed E-state index contributed by atoms with van der Waals surface area (Å²) in [4.78, 5) is 9.78. The fourth-order valence-electron chi connectivity index (χ4n) is 3.64. The Morgan fingerprint density at radius 2 is 1.80 bits per heavy atom. The van der Waals surface area contributed by atoms with Gasteiger partial charge < -0.3 is 11.1 Å². The van der Waals surface area contributed by atoms with E-state index in [4.69, 9.17) is 5.73 Å². The van der Waals surface area contributed by atoms with E-state index in [9.17, 15) is 4.21 Å². The molecule has 0 bridgehead atoms. The Morgan fingerprint density at radius 1 is 1.10 bits per heavy atom. The van der Waals surface area contributed by atoms with E-state index in [1.807, 2.05) is 37.3 Å². The molecule has 1 aliphatic carbocycles. The first kappa shape index (κ1) is 20.5. The van der Waals surface area contributed by atoms with E-state index in [0.29, 0.717) is 11.8 Å². The van der Waals surface area contributed by atoms with Crippen LogP contribution in [0.3, 0.4) is 0 Å². The van der Waals surface area contributed by atoms with Gasteiger partial charge in [-0.2, -0.15) is 5.10 Å². The van der Waals surface area contributed by atoms with Crippen molar-refractivity contribution in [2.45, 2.75) is 49.6 Å². The number of aryl methyl sites for hydroxylation is 2. The van der Waals surface area contributed by atoms with Gasteiger partial charge in [0.2, 0.25) is 5.95 Å². The standard InChI is InChI=1S/C21H27N7OS/c1-14-3-9-17(10-4-14)30(29)27-16-7-5-15(6-8-16)25-21-23-12-11-19(26-21)18-13-24-28(2)20(18)22/h3-4,9-13,15-16,27H,5-8,22H2,1-2H3,(H,23,25,26). The number of nitrogens with two attached hydrogens (primary N) is 1. The van der Waals surface area contributed by atoms with E-state index in [2.05, 4.69) is 25.1 Å². The van der Waals surface area contributed by atoms with Crippen molar-refractivity contribution in [2.24, 2.45) is 7.05 Å². The highest BCUT2D eigenvalue weighted by Crippen LogP contribution is 2.25. The smallest absolute Gasteiger partial charge is 0.223 e. The zero-order chi connectivity index (χ0) is 21.1. The maximum atomic E-state index is 12.5. The van der Waals surface area contributed by atoms with Crippen LogP contribution in [0.4, 0.5) is 11.8 Å². The zero-order valence-electron chi connectivity index (χ0n) is 17.2. The van der Waals surface area contributed by atoms with Gasteiger partial charge in [0.05, 0.1) is 22.3 Å². The van der Waals surface area contributed by atoms with Crippen LogP contribution < -0.4 is 15.8 Å². The molecule has 1 aromatic carbocycles. The molecule has 1 unspecified atom stereocenters. The molecule has 0 aliphatic heterocycles. The topological polar surface area (TPSA) is 111 Å². The molecule has 4 N–H and O–H groups in total. The molecular formula is C21H27N7OS. The van der Waals surface area contributed by atoms with Gasteiger partial charge in [0, 0.05) is 25.3 Å². The zero-order valence-corrected chi connectivity index (χ0v) is 18.0. The Hall–Kier alpha value is -2.78. The third-order valence-corrected chi connectivity index (χ3v) is 6.73. The van der Waals surface area contributed by atoms with Crippen LogP contribution in [0.25, 0.3) is 11.3 Å². The fourth-order valence-corrected chi connectivity index (χ4v) is 4.70. The summed E-state index contributed by atoms with van der Waals surface area (Å²) in [6.45, 7) is 2.03. The van der Waals surface area contributed by atoms with Crippen molar-refractivity contribution in [1.29, 1.82) is 0 Å². The molecule has 2 aromatic heterocycles. The summed E-state index contributed by atoms with van der Waals surface area (Å²) in [7, 11) is 0.625. The van der Waals surface area contributed by atoms with Crippen LogP contribution in [0.5, 0.6) is 0 Å². The number of nitrogen functional groups attached to an aromatic ring is 1. The van der Waals surface area contributed by atoms with Gasteiger partial charge in [-0.1, -0.05) is 17.7 Å². The summed E-state index contributed by atoms with van der Waals surface area (Å²) >= 11 is 0. The fraction of sp³-hybridized carbons (Fsp3) is 0.381. The van der Waals surface area contributed by atoms with Gasteiger partial charge in [0.15, 0.2) is 0 Å². The molecule has 4 rings (SSSR count). The number of hydrogen-bond acceptors (Lipinski definition) is 6. The van der Waals surface area contributed by atoms with Crippen LogP contribution in [0.1, 0.15) is 31.2 Å². The second kappa shape index (κ2) is 8.93. The van der Waals surface area contributed by atoms with Gasteiger partial charge in [-0.05, 0) is 50.8 Å². The molecule has 30 heavy (non-hydrogen) atoms. The Bertz CT molecular complexity index is 1030. The third-order valence-electron chi connectivity index (χ3n) is 5.49. The van der Waals surface area contributed by atoms with Gasteiger partial charge in [-0.15, -0.1) is 0 Å². The molecule has 0 radical (unpaired) electrons. The molecule has 1 fully saturated rings. The number of aromatic nitrogens is 4. The maximum absolute atomic E-state index is 12.5. The summed E-state index contributed by atoms with van der Waals surface area (Å²) in [5.41, 5.74) is 8.78. The lowest BCUT2D eigenvalue weighted by molar-refractivity contribution is 0.391. The summed E-state index contributed by atoms with van der Waals surface area (Å²) in [5.74, 6) is 1.17. The van der Waals surface area contributed by atoms with E-state index in [1.165, 1.54) is 5.56 Å². The highest BCUT2D eigenvalue weighted by atomic mass is 32.2. The number of benzene rings is 1. The Labute approximate surface area is 178 Å². The van der Waals surface area contributed by atoms with Crippen molar-refractivity contribution in [3.63, 3.8) is 0 Å². The number of hydrogen-bond donors (Lipinski definition) is 3. The molecule has 0 spiro atoms. The van der Waals surface area contributed by atoms with Crippen LogP contribution in [-0.2, 0) is 18.0 Å². The van der Waals surface area contributed by atoms with Crippen molar-refractivity contribution in [3.05, 3.63) is 48.3 Å².